The Morgan fingerprint density at radius 2 is 1.83 bits per heavy atom. The Bertz CT molecular complexity index is 666. The summed E-state index contributed by atoms with van der Waals surface area (Å²) in [5.41, 5.74) is 2.82. The van der Waals surface area contributed by atoms with E-state index in [2.05, 4.69) is 22.1 Å². The SMILES string of the molecule is CC(Cc1ccsc1)NC(=O)NCc1ccc(C(=O)N(C)C)cc1. The highest BCUT2D eigenvalue weighted by molar-refractivity contribution is 7.07. The number of thiophene rings is 1. The van der Waals surface area contributed by atoms with Gasteiger partial charge in [0.15, 0.2) is 0 Å². The van der Waals surface area contributed by atoms with E-state index in [1.807, 2.05) is 24.4 Å². The van der Waals surface area contributed by atoms with Crippen molar-refractivity contribution >= 4 is 23.3 Å². The van der Waals surface area contributed by atoms with Crippen molar-refractivity contribution in [2.45, 2.75) is 25.9 Å². The van der Waals surface area contributed by atoms with E-state index in [-0.39, 0.29) is 18.0 Å². The lowest BCUT2D eigenvalue weighted by atomic mass is 10.1. The number of amides is 3. The predicted molar refractivity (Wildman–Crippen MR) is 97.3 cm³/mol. The van der Waals surface area contributed by atoms with Crippen LogP contribution < -0.4 is 10.6 Å². The fourth-order valence-corrected chi connectivity index (χ4v) is 2.98. The fourth-order valence-electron chi connectivity index (χ4n) is 2.29. The maximum Gasteiger partial charge on any atom is 0.315 e. The highest BCUT2D eigenvalue weighted by Gasteiger charge is 2.09. The third-order valence-electron chi connectivity index (χ3n) is 3.56. The van der Waals surface area contributed by atoms with E-state index in [1.54, 1.807) is 37.6 Å². The number of carbonyl (C=O) groups excluding carboxylic acids is 2. The second kappa shape index (κ2) is 8.49. The Balaban J connectivity index is 1.78. The van der Waals surface area contributed by atoms with E-state index in [0.29, 0.717) is 12.1 Å². The van der Waals surface area contributed by atoms with Gasteiger partial charge in [-0.2, -0.15) is 11.3 Å². The second-order valence-electron chi connectivity index (χ2n) is 5.96. The van der Waals surface area contributed by atoms with E-state index in [1.165, 1.54) is 10.5 Å². The molecule has 0 saturated carbocycles. The monoisotopic (exact) mass is 345 g/mol. The molecule has 2 N–H and O–H groups in total. The van der Waals surface area contributed by atoms with Crippen LogP contribution in [0.1, 0.15) is 28.4 Å². The molecule has 0 saturated heterocycles. The molecule has 2 aromatic rings. The Morgan fingerprint density at radius 3 is 2.42 bits per heavy atom. The molecule has 0 spiro atoms. The van der Waals surface area contributed by atoms with Gasteiger partial charge < -0.3 is 15.5 Å². The van der Waals surface area contributed by atoms with Crippen LogP contribution in [-0.2, 0) is 13.0 Å². The first kappa shape index (κ1) is 18.0. The van der Waals surface area contributed by atoms with E-state index >= 15 is 0 Å². The van der Waals surface area contributed by atoms with Crippen LogP contribution in [0.3, 0.4) is 0 Å². The molecule has 0 aliphatic carbocycles. The van der Waals surface area contributed by atoms with Gasteiger partial charge in [0.05, 0.1) is 0 Å². The van der Waals surface area contributed by atoms with Crippen LogP contribution in [0.5, 0.6) is 0 Å². The molecular formula is C18H23N3O2S. The smallest absolute Gasteiger partial charge is 0.315 e. The van der Waals surface area contributed by atoms with Crippen molar-refractivity contribution in [2.24, 2.45) is 0 Å². The highest BCUT2D eigenvalue weighted by Crippen LogP contribution is 2.09. The van der Waals surface area contributed by atoms with Crippen molar-refractivity contribution in [3.63, 3.8) is 0 Å². The molecule has 0 bridgehead atoms. The average molecular weight is 345 g/mol. The van der Waals surface area contributed by atoms with Gasteiger partial charge in [-0.15, -0.1) is 0 Å². The fraction of sp³-hybridized carbons (Fsp3) is 0.333. The third-order valence-corrected chi connectivity index (χ3v) is 4.29. The highest BCUT2D eigenvalue weighted by atomic mass is 32.1. The molecule has 0 radical (unpaired) electrons. The lowest BCUT2D eigenvalue weighted by molar-refractivity contribution is 0.0827. The topological polar surface area (TPSA) is 61.4 Å². The summed E-state index contributed by atoms with van der Waals surface area (Å²) in [6.45, 7) is 2.41. The molecule has 3 amide bonds. The van der Waals surface area contributed by atoms with Crippen LogP contribution in [0, 0.1) is 0 Å². The number of urea groups is 1. The van der Waals surface area contributed by atoms with Gasteiger partial charge in [0.1, 0.15) is 0 Å². The van der Waals surface area contributed by atoms with E-state index < -0.39 is 0 Å². The minimum absolute atomic E-state index is 0.0329. The van der Waals surface area contributed by atoms with Gasteiger partial charge >= 0.3 is 6.03 Å². The molecule has 0 aliphatic heterocycles. The first-order valence-electron chi connectivity index (χ1n) is 7.81. The van der Waals surface area contributed by atoms with Crippen LogP contribution in [0.15, 0.2) is 41.1 Å². The van der Waals surface area contributed by atoms with Crippen molar-refractivity contribution in [1.29, 1.82) is 0 Å². The number of benzene rings is 1. The number of rotatable bonds is 6. The summed E-state index contributed by atoms with van der Waals surface area (Å²) < 4.78 is 0. The average Bonchev–Trinajstić information content (AvgIpc) is 3.05. The minimum atomic E-state index is -0.189. The largest absolute Gasteiger partial charge is 0.345 e. The first-order chi connectivity index (χ1) is 11.5. The summed E-state index contributed by atoms with van der Waals surface area (Å²) in [5, 5.41) is 9.89. The van der Waals surface area contributed by atoms with Crippen molar-refractivity contribution in [3.8, 4) is 0 Å². The van der Waals surface area contributed by atoms with Crippen LogP contribution >= 0.6 is 11.3 Å². The van der Waals surface area contributed by atoms with Gasteiger partial charge in [-0.05, 0) is 53.4 Å². The standard InChI is InChI=1S/C18H23N3O2S/c1-13(10-15-8-9-24-12-15)20-18(23)19-11-14-4-6-16(7-5-14)17(22)21(2)3/h4-9,12-13H,10-11H2,1-3H3,(H2,19,20,23). The zero-order valence-corrected chi connectivity index (χ0v) is 15.0. The Morgan fingerprint density at radius 1 is 1.12 bits per heavy atom. The van der Waals surface area contributed by atoms with Crippen LogP contribution in [0.2, 0.25) is 0 Å². The molecule has 2 rings (SSSR count). The van der Waals surface area contributed by atoms with Crippen LogP contribution in [0.4, 0.5) is 4.79 Å². The summed E-state index contributed by atoms with van der Waals surface area (Å²) in [6.07, 6.45) is 0.818. The lowest BCUT2D eigenvalue weighted by Crippen LogP contribution is -2.41. The van der Waals surface area contributed by atoms with Gasteiger partial charge in [-0.3, -0.25) is 4.79 Å². The third kappa shape index (κ3) is 5.38. The summed E-state index contributed by atoms with van der Waals surface area (Å²) in [7, 11) is 3.44. The Hall–Kier alpha value is -2.34. The molecule has 1 atom stereocenters. The number of hydrogen-bond acceptors (Lipinski definition) is 3. The van der Waals surface area contributed by atoms with Crippen molar-refractivity contribution in [3.05, 3.63) is 57.8 Å². The van der Waals surface area contributed by atoms with Crippen LogP contribution in [-0.4, -0.2) is 37.0 Å². The molecule has 1 heterocycles. The number of hydrogen-bond donors (Lipinski definition) is 2. The van der Waals surface area contributed by atoms with Crippen molar-refractivity contribution < 1.29 is 9.59 Å². The number of carbonyl (C=O) groups is 2. The predicted octanol–water partition coefficient (Wildman–Crippen LogP) is 2.88. The molecule has 128 valence electrons. The van der Waals surface area contributed by atoms with Gasteiger partial charge in [0, 0.05) is 32.2 Å². The molecule has 6 heteroatoms. The molecule has 24 heavy (non-hydrogen) atoms. The molecular weight excluding hydrogens is 322 g/mol. The number of nitrogens with zero attached hydrogens (tertiary/aromatic N) is 1. The van der Waals surface area contributed by atoms with Gasteiger partial charge in [-0.1, -0.05) is 12.1 Å². The van der Waals surface area contributed by atoms with Crippen molar-refractivity contribution in [1.82, 2.24) is 15.5 Å². The zero-order chi connectivity index (χ0) is 17.5. The maximum absolute atomic E-state index is 11.9. The normalized spacial score (nSPS) is 11.6. The minimum Gasteiger partial charge on any atom is -0.345 e. The van der Waals surface area contributed by atoms with Gasteiger partial charge in [0.2, 0.25) is 0 Å². The Kier molecular flexibility index (Phi) is 6.37. The maximum atomic E-state index is 11.9. The first-order valence-corrected chi connectivity index (χ1v) is 8.76. The lowest BCUT2D eigenvalue weighted by Gasteiger charge is -2.14. The van der Waals surface area contributed by atoms with Gasteiger partial charge in [0.25, 0.3) is 5.91 Å². The van der Waals surface area contributed by atoms with Gasteiger partial charge in [-0.25, -0.2) is 4.79 Å². The summed E-state index contributed by atoms with van der Waals surface area (Å²) >= 11 is 1.66. The molecule has 1 aromatic carbocycles. The van der Waals surface area contributed by atoms with E-state index in [4.69, 9.17) is 0 Å². The van der Waals surface area contributed by atoms with Crippen molar-refractivity contribution in [2.75, 3.05) is 14.1 Å². The molecule has 0 fully saturated rings. The Labute approximate surface area is 146 Å². The molecule has 5 nitrogen and oxygen atoms in total. The van der Waals surface area contributed by atoms with Crippen LogP contribution in [0.25, 0.3) is 0 Å². The summed E-state index contributed by atoms with van der Waals surface area (Å²) in [6, 6.07) is 9.20. The summed E-state index contributed by atoms with van der Waals surface area (Å²) in [4.78, 5) is 25.3. The zero-order valence-electron chi connectivity index (χ0n) is 14.2. The molecule has 0 aliphatic rings. The second-order valence-corrected chi connectivity index (χ2v) is 6.74. The summed E-state index contributed by atoms with van der Waals surface area (Å²) in [5.74, 6) is -0.0329. The molecule has 1 unspecified atom stereocenters. The molecule has 1 aromatic heterocycles. The quantitative estimate of drug-likeness (QED) is 0.846. The number of nitrogens with one attached hydrogen (secondary N) is 2. The van der Waals surface area contributed by atoms with E-state index in [9.17, 15) is 9.59 Å². The van der Waals surface area contributed by atoms with E-state index in [0.717, 1.165) is 12.0 Å².